The lowest BCUT2D eigenvalue weighted by molar-refractivity contribution is 0.0857. The molecule has 106 valence electrons. The van der Waals surface area contributed by atoms with Crippen molar-refractivity contribution in [3.63, 3.8) is 0 Å². The molecule has 0 bridgehead atoms. The minimum absolute atomic E-state index is 0.261. The summed E-state index contributed by atoms with van der Waals surface area (Å²) in [6.07, 6.45) is 0. The summed E-state index contributed by atoms with van der Waals surface area (Å²) in [6.45, 7) is 16.0. The largest absolute Gasteiger partial charge is 0.314 e. The van der Waals surface area contributed by atoms with Gasteiger partial charge in [-0.05, 0) is 30.4 Å². The summed E-state index contributed by atoms with van der Waals surface area (Å²) in [4.78, 5) is 2.65. The number of piperazine rings is 1. The van der Waals surface area contributed by atoms with E-state index in [4.69, 9.17) is 0 Å². The molecule has 0 saturated carbocycles. The van der Waals surface area contributed by atoms with Crippen LogP contribution in [0.15, 0.2) is 18.2 Å². The average molecular weight is 260 g/mol. The molecule has 1 N–H and O–H groups in total. The van der Waals surface area contributed by atoms with E-state index in [-0.39, 0.29) is 5.41 Å². The van der Waals surface area contributed by atoms with E-state index in [1.54, 1.807) is 0 Å². The summed E-state index contributed by atoms with van der Waals surface area (Å²) in [5, 5.41) is 3.45. The molecule has 1 aromatic rings. The van der Waals surface area contributed by atoms with Crippen molar-refractivity contribution in [2.45, 2.75) is 40.7 Å². The highest BCUT2D eigenvalue weighted by molar-refractivity contribution is 5.34. The van der Waals surface area contributed by atoms with Crippen molar-refractivity contribution >= 4 is 0 Å². The maximum Gasteiger partial charge on any atom is 0.0400 e. The van der Waals surface area contributed by atoms with Crippen LogP contribution in [0, 0.1) is 19.3 Å². The van der Waals surface area contributed by atoms with Crippen molar-refractivity contribution in [1.29, 1.82) is 0 Å². The van der Waals surface area contributed by atoms with Crippen LogP contribution in [0.3, 0.4) is 0 Å². The number of nitrogens with one attached hydrogen (secondary N) is 1. The SMILES string of the molecule is Cc1ccc([C@@H](N2CCNCC2)C(C)(C)C)c(C)c1. The minimum Gasteiger partial charge on any atom is -0.314 e. The summed E-state index contributed by atoms with van der Waals surface area (Å²) in [5.74, 6) is 0. The van der Waals surface area contributed by atoms with Crippen LogP contribution in [-0.4, -0.2) is 31.1 Å². The van der Waals surface area contributed by atoms with Crippen LogP contribution in [0.5, 0.6) is 0 Å². The summed E-state index contributed by atoms with van der Waals surface area (Å²) < 4.78 is 0. The van der Waals surface area contributed by atoms with E-state index >= 15 is 0 Å². The molecule has 2 nitrogen and oxygen atoms in total. The molecule has 2 heteroatoms. The lowest BCUT2D eigenvalue weighted by Crippen LogP contribution is -2.48. The van der Waals surface area contributed by atoms with Crippen molar-refractivity contribution in [2.24, 2.45) is 5.41 Å². The number of rotatable bonds is 2. The Kier molecular flexibility index (Phi) is 4.32. The van der Waals surface area contributed by atoms with E-state index in [1.807, 2.05) is 0 Å². The molecule has 0 radical (unpaired) electrons. The van der Waals surface area contributed by atoms with Gasteiger partial charge >= 0.3 is 0 Å². The number of aryl methyl sites for hydroxylation is 2. The molecule has 1 aromatic carbocycles. The third-order valence-corrected chi connectivity index (χ3v) is 4.06. The normalized spacial score (nSPS) is 19.4. The molecule has 1 fully saturated rings. The Hall–Kier alpha value is -0.860. The number of hydrogen-bond acceptors (Lipinski definition) is 2. The molecule has 1 aliphatic rings. The van der Waals surface area contributed by atoms with Gasteiger partial charge < -0.3 is 5.32 Å². The topological polar surface area (TPSA) is 15.3 Å². The van der Waals surface area contributed by atoms with E-state index in [9.17, 15) is 0 Å². The highest BCUT2D eigenvalue weighted by Gasteiger charge is 2.33. The van der Waals surface area contributed by atoms with Crippen LogP contribution in [-0.2, 0) is 0 Å². The molecule has 0 aliphatic carbocycles. The first-order chi connectivity index (χ1) is 8.89. The van der Waals surface area contributed by atoms with Crippen LogP contribution in [0.2, 0.25) is 0 Å². The van der Waals surface area contributed by atoms with Gasteiger partial charge in [0.05, 0.1) is 0 Å². The lowest BCUT2D eigenvalue weighted by atomic mass is 9.79. The van der Waals surface area contributed by atoms with Crippen LogP contribution in [0.4, 0.5) is 0 Å². The van der Waals surface area contributed by atoms with Gasteiger partial charge in [-0.15, -0.1) is 0 Å². The summed E-state index contributed by atoms with van der Waals surface area (Å²) >= 11 is 0. The van der Waals surface area contributed by atoms with E-state index in [2.05, 4.69) is 63.0 Å². The second-order valence-corrected chi connectivity index (χ2v) is 6.91. The second kappa shape index (κ2) is 5.64. The predicted octanol–water partition coefficient (Wildman–Crippen LogP) is 3.30. The molecule has 19 heavy (non-hydrogen) atoms. The van der Waals surface area contributed by atoms with Gasteiger partial charge in [0.2, 0.25) is 0 Å². The maximum atomic E-state index is 3.45. The summed E-state index contributed by atoms with van der Waals surface area (Å²) in [5.41, 5.74) is 4.55. The van der Waals surface area contributed by atoms with Crippen LogP contribution in [0.1, 0.15) is 43.5 Å². The predicted molar refractivity (Wildman–Crippen MR) is 82.6 cm³/mol. The van der Waals surface area contributed by atoms with Crippen molar-refractivity contribution < 1.29 is 0 Å². The first-order valence-corrected chi connectivity index (χ1v) is 7.41. The zero-order chi connectivity index (χ0) is 14.0. The number of hydrogen-bond donors (Lipinski definition) is 1. The second-order valence-electron chi connectivity index (χ2n) is 6.91. The molecule has 1 atom stereocenters. The third kappa shape index (κ3) is 3.37. The summed E-state index contributed by atoms with van der Waals surface area (Å²) in [7, 11) is 0. The Morgan fingerprint density at radius 3 is 2.26 bits per heavy atom. The van der Waals surface area contributed by atoms with Gasteiger partial charge in [-0.3, -0.25) is 4.90 Å². The van der Waals surface area contributed by atoms with E-state index < -0.39 is 0 Å². The molecule has 0 spiro atoms. The maximum absolute atomic E-state index is 3.45. The quantitative estimate of drug-likeness (QED) is 0.878. The minimum atomic E-state index is 0.261. The van der Waals surface area contributed by atoms with Gasteiger partial charge in [0.1, 0.15) is 0 Å². The van der Waals surface area contributed by atoms with Gasteiger partial charge in [0.15, 0.2) is 0 Å². The van der Waals surface area contributed by atoms with Crippen molar-refractivity contribution in [1.82, 2.24) is 10.2 Å². The Morgan fingerprint density at radius 2 is 1.74 bits per heavy atom. The molecule has 1 saturated heterocycles. The Morgan fingerprint density at radius 1 is 1.11 bits per heavy atom. The molecule has 0 amide bonds. The highest BCUT2D eigenvalue weighted by atomic mass is 15.2. The molecule has 1 heterocycles. The van der Waals surface area contributed by atoms with Gasteiger partial charge in [-0.2, -0.15) is 0 Å². The average Bonchev–Trinajstić information content (AvgIpc) is 2.32. The van der Waals surface area contributed by atoms with E-state index in [1.165, 1.54) is 16.7 Å². The fourth-order valence-corrected chi connectivity index (χ4v) is 3.28. The molecule has 0 aromatic heterocycles. The standard InChI is InChI=1S/C17H28N2/c1-13-6-7-15(14(2)12-13)16(17(3,4)5)19-10-8-18-9-11-19/h6-7,12,16,18H,8-11H2,1-5H3/t16-/m1/s1. The summed E-state index contributed by atoms with van der Waals surface area (Å²) in [6, 6.07) is 7.41. The molecule has 1 aliphatic heterocycles. The van der Waals surface area contributed by atoms with E-state index in [0.717, 1.165) is 26.2 Å². The Labute approximate surface area is 118 Å². The molecule has 0 unspecified atom stereocenters. The van der Waals surface area contributed by atoms with Crippen LogP contribution >= 0.6 is 0 Å². The van der Waals surface area contributed by atoms with Crippen LogP contribution < -0.4 is 5.32 Å². The smallest absolute Gasteiger partial charge is 0.0400 e. The lowest BCUT2D eigenvalue weighted by Gasteiger charge is -2.43. The Balaban J connectivity index is 2.36. The third-order valence-electron chi connectivity index (χ3n) is 4.06. The van der Waals surface area contributed by atoms with Crippen LogP contribution in [0.25, 0.3) is 0 Å². The fraction of sp³-hybridized carbons (Fsp3) is 0.647. The van der Waals surface area contributed by atoms with Crippen molar-refractivity contribution in [3.05, 3.63) is 34.9 Å². The molecular weight excluding hydrogens is 232 g/mol. The Bertz CT molecular complexity index is 425. The zero-order valence-electron chi connectivity index (χ0n) is 13.1. The number of benzene rings is 1. The van der Waals surface area contributed by atoms with Gasteiger partial charge in [-0.1, -0.05) is 44.5 Å². The monoisotopic (exact) mass is 260 g/mol. The van der Waals surface area contributed by atoms with Gasteiger partial charge in [-0.25, -0.2) is 0 Å². The fourth-order valence-electron chi connectivity index (χ4n) is 3.28. The first-order valence-electron chi connectivity index (χ1n) is 7.41. The molecular formula is C17H28N2. The number of nitrogens with zero attached hydrogens (tertiary/aromatic N) is 1. The zero-order valence-corrected chi connectivity index (χ0v) is 13.1. The highest BCUT2D eigenvalue weighted by Crippen LogP contribution is 2.39. The first kappa shape index (κ1) is 14.5. The van der Waals surface area contributed by atoms with Gasteiger partial charge in [0, 0.05) is 32.2 Å². The van der Waals surface area contributed by atoms with Gasteiger partial charge in [0.25, 0.3) is 0 Å². The van der Waals surface area contributed by atoms with Crippen molar-refractivity contribution in [3.8, 4) is 0 Å². The molecule has 2 rings (SSSR count). The van der Waals surface area contributed by atoms with Crippen molar-refractivity contribution in [2.75, 3.05) is 26.2 Å². The van der Waals surface area contributed by atoms with E-state index in [0.29, 0.717) is 6.04 Å².